The van der Waals surface area contributed by atoms with Gasteiger partial charge in [-0.1, -0.05) is 32.3 Å². The van der Waals surface area contributed by atoms with E-state index < -0.39 is 0 Å². The number of hydrogen-bond acceptors (Lipinski definition) is 1. The van der Waals surface area contributed by atoms with E-state index in [1.807, 2.05) is 0 Å². The molecule has 0 radical (unpaired) electrons. The first-order valence-electron chi connectivity index (χ1n) is 5.23. The Morgan fingerprint density at radius 2 is 2.15 bits per heavy atom. The molecule has 1 saturated carbocycles. The zero-order chi connectivity index (χ0) is 9.52. The fourth-order valence-corrected chi connectivity index (χ4v) is 1.97. The second kappa shape index (κ2) is 5.79. The molecular formula is C11H19NO. The Labute approximate surface area is 80.4 Å². The highest BCUT2D eigenvalue weighted by molar-refractivity contribution is 5.86. The maximum Gasteiger partial charge on any atom is 0.243 e. The van der Waals surface area contributed by atoms with Gasteiger partial charge >= 0.3 is 0 Å². The average molecular weight is 181 g/mol. The molecule has 0 heterocycles. The van der Waals surface area contributed by atoms with Crippen molar-refractivity contribution in [3.63, 3.8) is 0 Å². The molecule has 0 aromatic rings. The van der Waals surface area contributed by atoms with Gasteiger partial charge in [-0.3, -0.25) is 4.79 Å². The molecule has 0 saturated heterocycles. The van der Waals surface area contributed by atoms with Crippen LogP contribution >= 0.6 is 0 Å². The zero-order valence-electron chi connectivity index (χ0n) is 8.22. The monoisotopic (exact) mass is 181 g/mol. The molecule has 0 aliphatic heterocycles. The lowest BCUT2D eigenvalue weighted by Gasteiger charge is -2.07. The Balaban J connectivity index is 1.94. The third-order valence-electron chi connectivity index (χ3n) is 2.75. The van der Waals surface area contributed by atoms with Crippen molar-refractivity contribution in [2.75, 3.05) is 6.54 Å². The van der Waals surface area contributed by atoms with E-state index in [2.05, 4.69) is 11.9 Å². The van der Waals surface area contributed by atoms with Crippen LogP contribution in [0.5, 0.6) is 0 Å². The van der Waals surface area contributed by atoms with Gasteiger partial charge in [-0.25, -0.2) is 0 Å². The first-order valence-corrected chi connectivity index (χ1v) is 5.23. The van der Waals surface area contributed by atoms with Crippen LogP contribution in [0, 0.1) is 5.92 Å². The minimum absolute atomic E-state index is 0.0496. The van der Waals surface area contributed by atoms with Gasteiger partial charge in [0, 0.05) is 6.54 Å². The standard InChI is InChI=1S/C11H19NO/c1-2-11(13)12-9-5-8-10-6-3-4-7-10/h2,10H,1,3-9H2,(H,12,13). The summed E-state index contributed by atoms with van der Waals surface area (Å²) in [6, 6.07) is 0. The van der Waals surface area contributed by atoms with E-state index in [9.17, 15) is 4.79 Å². The van der Waals surface area contributed by atoms with Crippen LogP contribution in [0.15, 0.2) is 12.7 Å². The Kier molecular flexibility index (Phi) is 4.58. The first kappa shape index (κ1) is 10.3. The van der Waals surface area contributed by atoms with Crippen molar-refractivity contribution in [2.24, 2.45) is 5.92 Å². The molecule has 1 rings (SSSR count). The molecule has 74 valence electrons. The van der Waals surface area contributed by atoms with Gasteiger partial charge < -0.3 is 5.32 Å². The summed E-state index contributed by atoms with van der Waals surface area (Å²) in [7, 11) is 0. The molecule has 0 aromatic heterocycles. The summed E-state index contributed by atoms with van der Waals surface area (Å²) in [5.74, 6) is 0.882. The summed E-state index contributed by atoms with van der Waals surface area (Å²) in [4.78, 5) is 10.8. The minimum atomic E-state index is -0.0496. The molecule has 0 atom stereocenters. The molecule has 1 aliphatic carbocycles. The van der Waals surface area contributed by atoms with Gasteiger partial charge in [0.05, 0.1) is 0 Å². The number of carbonyl (C=O) groups excluding carboxylic acids is 1. The summed E-state index contributed by atoms with van der Waals surface area (Å²) < 4.78 is 0. The van der Waals surface area contributed by atoms with Gasteiger partial charge in [-0.05, 0) is 24.8 Å². The second-order valence-corrected chi connectivity index (χ2v) is 3.79. The minimum Gasteiger partial charge on any atom is -0.353 e. The van der Waals surface area contributed by atoms with Gasteiger partial charge in [0.15, 0.2) is 0 Å². The van der Waals surface area contributed by atoms with Gasteiger partial charge in [0.25, 0.3) is 0 Å². The highest BCUT2D eigenvalue weighted by atomic mass is 16.1. The van der Waals surface area contributed by atoms with Crippen LogP contribution in [0.1, 0.15) is 38.5 Å². The number of amides is 1. The van der Waals surface area contributed by atoms with Gasteiger partial charge in [0.1, 0.15) is 0 Å². The van der Waals surface area contributed by atoms with E-state index >= 15 is 0 Å². The van der Waals surface area contributed by atoms with Crippen LogP contribution in [0.2, 0.25) is 0 Å². The van der Waals surface area contributed by atoms with Crippen molar-refractivity contribution < 1.29 is 4.79 Å². The Hall–Kier alpha value is -0.790. The molecule has 1 fully saturated rings. The molecule has 0 spiro atoms. The van der Waals surface area contributed by atoms with Gasteiger partial charge in [-0.15, -0.1) is 0 Å². The highest BCUT2D eigenvalue weighted by Gasteiger charge is 2.13. The summed E-state index contributed by atoms with van der Waals surface area (Å²) in [6.07, 6.45) is 9.33. The molecule has 0 unspecified atom stereocenters. The number of rotatable bonds is 5. The van der Waals surface area contributed by atoms with Crippen LogP contribution in [0.3, 0.4) is 0 Å². The van der Waals surface area contributed by atoms with Gasteiger partial charge in [0.2, 0.25) is 5.91 Å². The summed E-state index contributed by atoms with van der Waals surface area (Å²) in [5, 5.41) is 2.80. The third-order valence-corrected chi connectivity index (χ3v) is 2.75. The Morgan fingerprint density at radius 3 is 2.77 bits per heavy atom. The van der Waals surface area contributed by atoms with E-state index in [4.69, 9.17) is 0 Å². The molecule has 1 aliphatic rings. The van der Waals surface area contributed by atoms with Crippen LogP contribution < -0.4 is 5.32 Å². The van der Waals surface area contributed by atoms with E-state index in [0.29, 0.717) is 0 Å². The highest BCUT2D eigenvalue weighted by Crippen LogP contribution is 2.28. The number of nitrogens with one attached hydrogen (secondary N) is 1. The largest absolute Gasteiger partial charge is 0.353 e. The number of hydrogen-bond donors (Lipinski definition) is 1. The van der Waals surface area contributed by atoms with Crippen LogP contribution in [0.4, 0.5) is 0 Å². The SMILES string of the molecule is C=CC(=O)NCCCC1CCCC1. The fourth-order valence-electron chi connectivity index (χ4n) is 1.97. The molecule has 0 aromatic carbocycles. The van der Waals surface area contributed by atoms with Crippen molar-refractivity contribution in [3.05, 3.63) is 12.7 Å². The first-order chi connectivity index (χ1) is 6.33. The average Bonchev–Trinajstić information content (AvgIpc) is 2.64. The van der Waals surface area contributed by atoms with Crippen molar-refractivity contribution in [2.45, 2.75) is 38.5 Å². The Bertz CT molecular complexity index is 171. The van der Waals surface area contributed by atoms with E-state index in [-0.39, 0.29) is 5.91 Å². The maximum absolute atomic E-state index is 10.8. The normalized spacial score (nSPS) is 17.2. The molecule has 0 bridgehead atoms. The van der Waals surface area contributed by atoms with Crippen molar-refractivity contribution >= 4 is 5.91 Å². The fraction of sp³-hybridized carbons (Fsp3) is 0.727. The quantitative estimate of drug-likeness (QED) is 0.511. The van der Waals surface area contributed by atoms with Crippen LogP contribution in [-0.4, -0.2) is 12.5 Å². The summed E-state index contributed by atoms with van der Waals surface area (Å²) in [6.45, 7) is 4.21. The Morgan fingerprint density at radius 1 is 1.46 bits per heavy atom. The predicted octanol–water partition coefficient (Wildman–Crippen LogP) is 2.26. The van der Waals surface area contributed by atoms with Crippen LogP contribution in [-0.2, 0) is 4.79 Å². The molecule has 1 amide bonds. The summed E-state index contributed by atoms with van der Waals surface area (Å²) >= 11 is 0. The number of carbonyl (C=O) groups is 1. The zero-order valence-corrected chi connectivity index (χ0v) is 8.22. The second-order valence-electron chi connectivity index (χ2n) is 3.79. The smallest absolute Gasteiger partial charge is 0.243 e. The lowest BCUT2D eigenvalue weighted by Crippen LogP contribution is -2.22. The van der Waals surface area contributed by atoms with E-state index in [1.165, 1.54) is 38.2 Å². The van der Waals surface area contributed by atoms with Crippen molar-refractivity contribution in [1.82, 2.24) is 5.32 Å². The lowest BCUT2D eigenvalue weighted by molar-refractivity contribution is -0.116. The summed E-state index contributed by atoms with van der Waals surface area (Å²) in [5.41, 5.74) is 0. The van der Waals surface area contributed by atoms with Crippen LogP contribution in [0.25, 0.3) is 0 Å². The van der Waals surface area contributed by atoms with E-state index in [1.54, 1.807) is 0 Å². The molecule has 2 heteroatoms. The lowest BCUT2D eigenvalue weighted by atomic mass is 10.0. The molecule has 1 N–H and O–H groups in total. The van der Waals surface area contributed by atoms with E-state index in [0.717, 1.165) is 18.9 Å². The topological polar surface area (TPSA) is 29.1 Å². The molecular weight excluding hydrogens is 162 g/mol. The third kappa shape index (κ3) is 4.11. The maximum atomic E-state index is 10.8. The van der Waals surface area contributed by atoms with Crippen molar-refractivity contribution in [1.29, 1.82) is 0 Å². The van der Waals surface area contributed by atoms with Crippen molar-refractivity contribution in [3.8, 4) is 0 Å². The van der Waals surface area contributed by atoms with Gasteiger partial charge in [-0.2, -0.15) is 0 Å². The predicted molar refractivity (Wildman–Crippen MR) is 54.4 cm³/mol. The molecule has 13 heavy (non-hydrogen) atoms. The molecule has 2 nitrogen and oxygen atoms in total.